The Labute approximate surface area is 167 Å². The molecular formula is C20H20N6OS. The predicted octanol–water partition coefficient (Wildman–Crippen LogP) is 2.58. The lowest BCUT2D eigenvalue weighted by atomic mass is 10.1. The number of H-pyrrole nitrogens is 1. The van der Waals surface area contributed by atoms with E-state index in [1.165, 1.54) is 11.8 Å². The van der Waals surface area contributed by atoms with E-state index in [1.54, 1.807) is 6.20 Å². The Bertz CT molecular complexity index is 951. The molecule has 0 bridgehead atoms. The van der Waals surface area contributed by atoms with E-state index < -0.39 is 0 Å². The average molecular weight is 392 g/mol. The zero-order valence-electron chi connectivity index (χ0n) is 15.3. The van der Waals surface area contributed by atoms with Crippen LogP contribution in [0.4, 0.5) is 0 Å². The Morgan fingerprint density at radius 2 is 2.00 bits per heavy atom. The van der Waals surface area contributed by atoms with Crippen LogP contribution in [0.2, 0.25) is 0 Å². The van der Waals surface area contributed by atoms with Gasteiger partial charge in [-0.25, -0.2) is 0 Å². The first-order chi connectivity index (χ1) is 13.7. The summed E-state index contributed by atoms with van der Waals surface area (Å²) in [5, 5.41) is 16.6. The maximum absolute atomic E-state index is 12.4. The van der Waals surface area contributed by atoms with Crippen molar-refractivity contribution in [3.05, 3.63) is 47.0 Å². The molecule has 0 aliphatic carbocycles. The lowest BCUT2D eigenvalue weighted by Crippen LogP contribution is -2.47. The predicted molar refractivity (Wildman–Crippen MR) is 110 cm³/mol. The van der Waals surface area contributed by atoms with Gasteiger partial charge in [0.2, 0.25) is 0 Å². The molecule has 142 valence electrons. The topological polar surface area (TPSA) is 88.4 Å². The molecule has 1 amide bonds. The molecule has 1 fully saturated rings. The van der Waals surface area contributed by atoms with Crippen molar-refractivity contribution in [3.63, 3.8) is 0 Å². The van der Waals surface area contributed by atoms with Gasteiger partial charge in [0.05, 0.1) is 22.9 Å². The SMILES string of the molecule is N#CCCN1CCN(C2=NC(=O)/C(=C/c3cn[nH]c3-c3ccccc3)S2)CC1. The van der Waals surface area contributed by atoms with E-state index in [4.69, 9.17) is 5.26 Å². The molecule has 2 aliphatic rings. The van der Waals surface area contributed by atoms with Crippen LogP contribution < -0.4 is 0 Å². The number of aromatic nitrogens is 2. The minimum atomic E-state index is -0.202. The van der Waals surface area contributed by atoms with Crippen molar-refractivity contribution in [1.82, 2.24) is 20.0 Å². The summed E-state index contributed by atoms with van der Waals surface area (Å²) in [6.45, 7) is 4.21. The number of piperazine rings is 1. The number of rotatable bonds is 4. The minimum absolute atomic E-state index is 0.202. The summed E-state index contributed by atoms with van der Waals surface area (Å²) in [5.41, 5.74) is 2.79. The fraction of sp³-hybridized carbons (Fsp3) is 0.300. The summed E-state index contributed by atoms with van der Waals surface area (Å²) in [7, 11) is 0. The number of carbonyl (C=O) groups is 1. The Kier molecular flexibility index (Phi) is 5.55. The summed E-state index contributed by atoms with van der Waals surface area (Å²) in [4.78, 5) is 21.7. The summed E-state index contributed by atoms with van der Waals surface area (Å²) >= 11 is 1.42. The zero-order valence-corrected chi connectivity index (χ0v) is 16.2. The highest BCUT2D eigenvalue weighted by atomic mass is 32.2. The van der Waals surface area contributed by atoms with E-state index in [1.807, 2.05) is 36.4 Å². The number of hydrogen-bond donors (Lipinski definition) is 1. The number of amidine groups is 1. The van der Waals surface area contributed by atoms with Crippen molar-refractivity contribution in [3.8, 4) is 17.3 Å². The first kappa shape index (κ1) is 18.5. The Balaban J connectivity index is 1.44. The maximum Gasteiger partial charge on any atom is 0.286 e. The number of hydrogen-bond acceptors (Lipinski definition) is 6. The molecule has 0 unspecified atom stereocenters. The first-order valence-corrected chi connectivity index (χ1v) is 10.0. The highest BCUT2D eigenvalue weighted by Gasteiger charge is 2.28. The van der Waals surface area contributed by atoms with Gasteiger partial charge in [0.1, 0.15) is 0 Å². The van der Waals surface area contributed by atoms with Gasteiger partial charge in [-0.1, -0.05) is 30.3 Å². The number of aliphatic imine (C=N–C) groups is 1. The maximum atomic E-state index is 12.4. The molecule has 1 aromatic carbocycles. The van der Waals surface area contributed by atoms with Crippen molar-refractivity contribution in [2.45, 2.75) is 6.42 Å². The number of nitrogens with one attached hydrogen (secondary N) is 1. The van der Waals surface area contributed by atoms with Crippen LogP contribution in [0.5, 0.6) is 0 Å². The number of nitriles is 1. The monoisotopic (exact) mass is 392 g/mol. The molecule has 7 nitrogen and oxygen atoms in total. The van der Waals surface area contributed by atoms with E-state index in [2.05, 4.69) is 31.1 Å². The third-order valence-electron chi connectivity index (χ3n) is 4.81. The van der Waals surface area contributed by atoms with E-state index in [0.29, 0.717) is 11.3 Å². The van der Waals surface area contributed by atoms with Crippen LogP contribution in [0.25, 0.3) is 17.3 Å². The van der Waals surface area contributed by atoms with Crippen molar-refractivity contribution in [2.75, 3.05) is 32.7 Å². The van der Waals surface area contributed by atoms with Gasteiger partial charge in [-0.2, -0.15) is 15.4 Å². The highest BCUT2D eigenvalue weighted by molar-refractivity contribution is 8.18. The molecule has 0 saturated carbocycles. The van der Waals surface area contributed by atoms with E-state index >= 15 is 0 Å². The summed E-state index contributed by atoms with van der Waals surface area (Å²) < 4.78 is 0. The molecule has 2 aromatic rings. The van der Waals surface area contributed by atoms with Crippen LogP contribution in [0.3, 0.4) is 0 Å². The van der Waals surface area contributed by atoms with Crippen LogP contribution in [0.1, 0.15) is 12.0 Å². The van der Waals surface area contributed by atoms with E-state index in [-0.39, 0.29) is 5.91 Å². The fourth-order valence-electron chi connectivity index (χ4n) is 3.29. The van der Waals surface area contributed by atoms with Crippen LogP contribution in [-0.2, 0) is 4.79 Å². The largest absolute Gasteiger partial charge is 0.348 e. The third kappa shape index (κ3) is 4.01. The molecule has 8 heteroatoms. The second-order valence-electron chi connectivity index (χ2n) is 6.61. The Morgan fingerprint density at radius 3 is 2.75 bits per heavy atom. The van der Waals surface area contributed by atoms with Crippen molar-refractivity contribution >= 4 is 28.9 Å². The van der Waals surface area contributed by atoms with Gasteiger partial charge in [-0.15, -0.1) is 0 Å². The smallest absolute Gasteiger partial charge is 0.286 e. The van der Waals surface area contributed by atoms with E-state index in [0.717, 1.165) is 54.7 Å². The van der Waals surface area contributed by atoms with Crippen LogP contribution in [0.15, 0.2) is 46.4 Å². The number of carbonyl (C=O) groups excluding carboxylic acids is 1. The molecule has 1 aromatic heterocycles. The number of nitrogens with zero attached hydrogens (tertiary/aromatic N) is 5. The highest BCUT2D eigenvalue weighted by Crippen LogP contribution is 2.32. The lowest BCUT2D eigenvalue weighted by molar-refractivity contribution is -0.113. The average Bonchev–Trinajstić information content (AvgIpc) is 3.34. The molecule has 1 saturated heterocycles. The molecule has 3 heterocycles. The zero-order chi connectivity index (χ0) is 19.3. The molecule has 28 heavy (non-hydrogen) atoms. The number of benzene rings is 1. The summed E-state index contributed by atoms with van der Waals surface area (Å²) in [6.07, 6.45) is 4.14. The number of amides is 1. The van der Waals surface area contributed by atoms with Gasteiger partial charge in [-0.05, 0) is 17.8 Å². The third-order valence-corrected chi connectivity index (χ3v) is 5.85. The van der Waals surface area contributed by atoms with Gasteiger partial charge in [0, 0.05) is 50.3 Å². The van der Waals surface area contributed by atoms with Gasteiger partial charge >= 0.3 is 0 Å². The molecule has 4 rings (SSSR count). The normalized spacial score (nSPS) is 19.1. The number of thioether (sulfide) groups is 1. The van der Waals surface area contributed by atoms with E-state index in [9.17, 15) is 4.79 Å². The summed E-state index contributed by atoms with van der Waals surface area (Å²) in [5.74, 6) is -0.202. The minimum Gasteiger partial charge on any atom is -0.348 e. The molecule has 0 radical (unpaired) electrons. The second kappa shape index (κ2) is 8.42. The quantitative estimate of drug-likeness (QED) is 0.805. The van der Waals surface area contributed by atoms with Gasteiger partial charge in [0.15, 0.2) is 5.17 Å². The molecular weight excluding hydrogens is 372 g/mol. The standard InChI is InChI=1S/C20H20N6OS/c21-7-4-8-25-9-11-26(12-10-25)20-23-19(27)17(28-20)13-16-14-22-24-18(16)15-5-2-1-3-6-15/h1-3,5-6,13-14H,4,8-12H2,(H,22,24)/b17-13-. The van der Waals surface area contributed by atoms with Gasteiger partial charge in [0.25, 0.3) is 5.91 Å². The van der Waals surface area contributed by atoms with Crippen LogP contribution in [0, 0.1) is 11.3 Å². The van der Waals surface area contributed by atoms with Crippen LogP contribution >= 0.6 is 11.8 Å². The Morgan fingerprint density at radius 1 is 1.21 bits per heavy atom. The summed E-state index contributed by atoms with van der Waals surface area (Å²) in [6, 6.07) is 12.1. The molecule has 0 atom stereocenters. The van der Waals surface area contributed by atoms with Crippen molar-refractivity contribution in [1.29, 1.82) is 5.26 Å². The van der Waals surface area contributed by atoms with Crippen molar-refractivity contribution < 1.29 is 4.79 Å². The van der Waals surface area contributed by atoms with Gasteiger partial charge in [-0.3, -0.25) is 14.8 Å². The second-order valence-corrected chi connectivity index (χ2v) is 7.62. The number of aromatic amines is 1. The lowest BCUT2D eigenvalue weighted by Gasteiger charge is -2.34. The van der Waals surface area contributed by atoms with Crippen LogP contribution in [-0.4, -0.2) is 63.8 Å². The molecule has 2 aliphatic heterocycles. The molecule has 1 N–H and O–H groups in total. The Hall–Kier alpha value is -2.89. The fourth-order valence-corrected chi connectivity index (χ4v) is 4.24. The van der Waals surface area contributed by atoms with Gasteiger partial charge < -0.3 is 4.90 Å². The molecule has 0 spiro atoms. The van der Waals surface area contributed by atoms with Crippen molar-refractivity contribution in [2.24, 2.45) is 4.99 Å². The first-order valence-electron chi connectivity index (χ1n) is 9.20.